The monoisotopic (exact) mass is 334 g/mol. The second-order valence-corrected chi connectivity index (χ2v) is 6.52. The fraction of sp³-hybridized carbons (Fsp3) is 0.238. The molecule has 1 saturated carbocycles. The van der Waals surface area contributed by atoms with Crippen molar-refractivity contribution in [3.05, 3.63) is 77.2 Å². The predicted octanol–water partition coefficient (Wildman–Crippen LogP) is 4.22. The smallest absolute Gasteiger partial charge is 0.252 e. The van der Waals surface area contributed by atoms with Gasteiger partial charge in [0.25, 0.3) is 5.91 Å². The van der Waals surface area contributed by atoms with Crippen LogP contribution in [0.2, 0.25) is 0 Å². The Hall–Kier alpha value is -2.75. The molecule has 0 unspecified atom stereocenters. The molecule has 1 heterocycles. The van der Waals surface area contributed by atoms with E-state index in [0.29, 0.717) is 24.4 Å². The normalized spacial score (nSPS) is 13.8. The van der Waals surface area contributed by atoms with Crippen LogP contribution in [0.4, 0.5) is 4.39 Å². The minimum atomic E-state index is -0.252. The van der Waals surface area contributed by atoms with E-state index >= 15 is 0 Å². The number of nitrogens with zero attached hydrogens (tertiary/aromatic N) is 1. The molecule has 0 saturated heterocycles. The Morgan fingerprint density at radius 2 is 1.96 bits per heavy atom. The number of rotatable bonds is 5. The quantitative estimate of drug-likeness (QED) is 0.759. The van der Waals surface area contributed by atoms with Gasteiger partial charge in [0.2, 0.25) is 0 Å². The van der Waals surface area contributed by atoms with Crippen molar-refractivity contribution in [2.75, 3.05) is 6.54 Å². The van der Waals surface area contributed by atoms with Gasteiger partial charge in [0.15, 0.2) is 0 Å². The summed E-state index contributed by atoms with van der Waals surface area (Å²) in [5, 5.41) is 3.83. The number of halogens is 1. The molecule has 126 valence electrons. The van der Waals surface area contributed by atoms with E-state index in [1.165, 1.54) is 12.1 Å². The molecular formula is C21H19FN2O. The minimum Gasteiger partial charge on any atom is -0.352 e. The highest BCUT2D eigenvalue weighted by atomic mass is 19.1. The Labute approximate surface area is 145 Å². The first kappa shape index (κ1) is 15.8. The van der Waals surface area contributed by atoms with Crippen LogP contribution < -0.4 is 5.32 Å². The van der Waals surface area contributed by atoms with Crippen molar-refractivity contribution in [2.24, 2.45) is 0 Å². The maximum atomic E-state index is 13.2. The van der Waals surface area contributed by atoms with Crippen LogP contribution >= 0.6 is 0 Å². The summed E-state index contributed by atoms with van der Waals surface area (Å²) in [6.07, 6.45) is 2.89. The zero-order valence-corrected chi connectivity index (χ0v) is 13.8. The standard InChI is InChI=1S/C21H19FN2O/c22-16-5-3-4-14(12-16)10-11-23-21(25)18-13-20(15-8-9-15)24-19-7-2-1-6-17(18)19/h1-7,12-13,15H,8-11H2,(H,23,25). The van der Waals surface area contributed by atoms with Crippen LogP contribution in [-0.4, -0.2) is 17.4 Å². The highest BCUT2D eigenvalue weighted by Crippen LogP contribution is 2.40. The van der Waals surface area contributed by atoms with E-state index < -0.39 is 0 Å². The first-order valence-corrected chi connectivity index (χ1v) is 8.63. The van der Waals surface area contributed by atoms with E-state index in [1.54, 1.807) is 6.07 Å². The maximum absolute atomic E-state index is 13.2. The van der Waals surface area contributed by atoms with Crippen molar-refractivity contribution < 1.29 is 9.18 Å². The number of carbonyl (C=O) groups is 1. The number of carbonyl (C=O) groups excluding carboxylic acids is 1. The van der Waals surface area contributed by atoms with Crippen LogP contribution in [0.5, 0.6) is 0 Å². The average Bonchev–Trinajstić information content (AvgIpc) is 3.46. The molecule has 0 bridgehead atoms. The fourth-order valence-electron chi connectivity index (χ4n) is 3.08. The number of pyridine rings is 1. The van der Waals surface area contributed by atoms with Gasteiger partial charge >= 0.3 is 0 Å². The first-order valence-electron chi connectivity index (χ1n) is 8.63. The molecule has 2 aromatic carbocycles. The van der Waals surface area contributed by atoms with Crippen molar-refractivity contribution in [1.29, 1.82) is 0 Å². The molecule has 3 aromatic rings. The van der Waals surface area contributed by atoms with Crippen molar-refractivity contribution >= 4 is 16.8 Å². The van der Waals surface area contributed by atoms with Crippen LogP contribution in [-0.2, 0) is 6.42 Å². The molecule has 1 aliphatic rings. The van der Waals surface area contributed by atoms with E-state index in [-0.39, 0.29) is 11.7 Å². The van der Waals surface area contributed by atoms with Crippen molar-refractivity contribution in [2.45, 2.75) is 25.2 Å². The van der Waals surface area contributed by atoms with Gasteiger partial charge in [-0.05, 0) is 49.1 Å². The molecule has 1 aromatic heterocycles. The van der Waals surface area contributed by atoms with E-state index in [2.05, 4.69) is 5.32 Å². The van der Waals surface area contributed by atoms with Crippen molar-refractivity contribution in [1.82, 2.24) is 10.3 Å². The molecule has 0 radical (unpaired) electrons. The summed E-state index contributed by atoms with van der Waals surface area (Å²) >= 11 is 0. The Bertz CT molecular complexity index is 934. The zero-order valence-electron chi connectivity index (χ0n) is 13.8. The summed E-state index contributed by atoms with van der Waals surface area (Å²) in [7, 11) is 0. The highest BCUT2D eigenvalue weighted by molar-refractivity contribution is 6.06. The molecule has 1 amide bonds. The molecule has 4 rings (SSSR count). The van der Waals surface area contributed by atoms with Gasteiger partial charge in [0.05, 0.1) is 11.1 Å². The molecule has 4 heteroatoms. The predicted molar refractivity (Wildman–Crippen MR) is 96.2 cm³/mol. The Balaban J connectivity index is 1.53. The molecule has 0 spiro atoms. The van der Waals surface area contributed by atoms with Gasteiger partial charge < -0.3 is 5.32 Å². The van der Waals surface area contributed by atoms with E-state index in [9.17, 15) is 9.18 Å². The number of aromatic nitrogens is 1. The van der Waals surface area contributed by atoms with Gasteiger partial charge in [-0.15, -0.1) is 0 Å². The third-order valence-corrected chi connectivity index (χ3v) is 4.56. The van der Waals surface area contributed by atoms with Crippen LogP contribution in [0, 0.1) is 5.82 Å². The molecule has 3 nitrogen and oxygen atoms in total. The summed E-state index contributed by atoms with van der Waals surface area (Å²) in [5.41, 5.74) is 3.42. The summed E-state index contributed by atoms with van der Waals surface area (Å²) < 4.78 is 13.2. The van der Waals surface area contributed by atoms with Gasteiger partial charge in [-0.2, -0.15) is 0 Å². The highest BCUT2D eigenvalue weighted by Gasteiger charge is 2.26. The number of fused-ring (bicyclic) bond motifs is 1. The van der Waals surface area contributed by atoms with E-state index in [4.69, 9.17) is 4.98 Å². The topological polar surface area (TPSA) is 42.0 Å². The van der Waals surface area contributed by atoms with Gasteiger partial charge in [-0.3, -0.25) is 9.78 Å². The average molecular weight is 334 g/mol. The van der Waals surface area contributed by atoms with Gasteiger partial charge in [-0.25, -0.2) is 4.39 Å². The van der Waals surface area contributed by atoms with Crippen LogP contribution in [0.3, 0.4) is 0 Å². The molecular weight excluding hydrogens is 315 g/mol. The lowest BCUT2D eigenvalue weighted by atomic mass is 10.1. The third-order valence-electron chi connectivity index (χ3n) is 4.56. The summed E-state index contributed by atoms with van der Waals surface area (Å²) in [5.74, 6) is 0.137. The molecule has 25 heavy (non-hydrogen) atoms. The number of amides is 1. The lowest BCUT2D eigenvalue weighted by molar-refractivity contribution is 0.0955. The summed E-state index contributed by atoms with van der Waals surface area (Å²) in [4.78, 5) is 17.4. The van der Waals surface area contributed by atoms with E-state index in [0.717, 1.165) is 35.0 Å². The largest absolute Gasteiger partial charge is 0.352 e. The maximum Gasteiger partial charge on any atom is 0.252 e. The molecule has 1 aliphatic carbocycles. The first-order chi connectivity index (χ1) is 12.2. The second kappa shape index (κ2) is 6.63. The Morgan fingerprint density at radius 1 is 1.12 bits per heavy atom. The van der Waals surface area contributed by atoms with Crippen LogP contribution in [0.1, 0.15) is 40.4 Å². The van der Waals surface area contributed by atoms with Crippen LogP contribution in [0.25, 0.3) is 10.9 Å². The van der Waals surface area contributed by atoms with E-state index in [1.807, 2.05) is 36.4 Å². The molecule has 0 aliphatic heterocycles. The Morgan fingerprint density at radius 3 is 2.76 bits per heavy atom. The lowest BCUT2D eigenvalue weighted by Gasteiger charge is -2.10. The SMILES string of the molecule is O=C(NCCc1cccc(F)c1)c1cc(C2CC2)nc2ccccc12. The zero-order chi connectivity index (χ0) is 17.2. The number of hydrogen-bond acceptors (Lipinski definition) is 2. The fourth-order valence-corrected chi connectivity index (χ4v) is 3.08. The Kier molecular flexibility index (Phi) is 4.18. The number of hydrogen-bond donors (Lipinski definition) is 1. The lowest BCUT2D eigenvalue weighted by Crippen LogP contribution is -2.26. The van der Waals surface area contributed by atoms with Crippen LogP contribution in [0.15, 0.2) is 54.6 Å². The van der Waals surface area contributed by atoms with Gasteiger partial charge in [0, 0.05) is 23.5 Å². The molecule has 1 fully saturated rings. The second-order valence-electron chi connectivity index (χ2n) is 6.52. The number of nitrogens with one attached hydrogen (secondary N) is 1. The minimum absolute atomic E-state index is 0.100. The molecule has 1 N–H and O–H groups in total. The van der Waals surface area contributed by atoms with Gasteiger partial charge in [-0.1, -0.05) is 30.3 Å². The van der Waals surface area contributed by atoms with Crippen molar-refractivity contribution in [3.63, 3.8) is 0 Å². The van der Waals surface area contributed by atoms with Gasteiger partial charge in [0.1, 0.15) is 5.82 Å². The molecule has 0 atom stereocenters. The third kappa shape index (κ3) is 3.53. The van der Waals surface area contributed by atoms with Crippen molar-refractivity contribution in [3.8, 4) is 0 Å². The number of benzene rings is 2. The summed E-state index contributed by atoms with van der Waals surface area (Å²) in [6, 6.07) is 16.1. The summed E-state index contributed by atoms with van der Waals surface area (Å²) in [6.45, 7) is 0.470. The number of para-hydroxylation sites is 1.